The molecule has 0 amide bonds. The third kappa shape index (κ3) is 2.22. The van der Waals surface area contributed by atoms with E-state index in [9.17, 15) is 0 Å². The zero-order chi connectivity index (χ0) is 15.7. The van der Waals surface area contributed by atoms with E-state index < -0.39 is 0 Å². The molecule has 2 aromatic heterocycles. The maximum atomic E-state index is 5.96. The van der Waals surface area contributed by atoms with Crippen molar-refractivity contribution < 1.29 is 9.47 Å². The Kier molecular flexibility index (Phi) is 3.38. The number of benzene rings is 1. The van der Waals surface area contributed by atoms with E-state index in [1.54, 1.807) is 26.4 Å². The van der Waals surface area contributed by atoms with E-state index in [4.69, 9.17) is 20.9 Å². The number of nitrogens with two attached hydrogens (primary N) is 2. The first kappa shape index (κ1) is 13.9. The summed E-state index contributed by atoms with van der Waals surface area (Å²) in [6.07, 6.45) is 2.97. The number of fused-ring (bicyclic) bond motifs is 1. The van der Waals surface area contributed by atoms with Crippen molar-refractivity contribution in [1.29, 1.82) is 0 Å². The van der Waals surface area contributed by atoms with Crippen molar-refractivity contribution in [3.05, 3.63) is 30.7 Å². The van der Waals surface area contributed by atoms with Crippen molar-refractivity contribution in [3.8, 4) is 22.8 Å². The number of nitrogens with zero attached hydrogens (tertiary/aromatic N) is 3. The number of nitrogen functional groups attached to an aromatic ring is 2. The predicted molar refractivity (Wildman–Crippen MR) is 84.7 cm³/mol. The van der Waals surface area contributed by atoms with Crippen molar-refractivity contribution in [2.45, 2.75) is 0 Å². The Labute approximate surface area is 126 Å². The number of hydrogen-bond acceptors (Lipinski definition) is 7. The van der Waals surface area contributed by atoms with E-state index in [0.29, 0.717) is 39.8 Å². The lowest BCUT2D eigenvalue weighted by Gasteiger charge is -2.12. The van der Waals surface area contributed by atoms with Gasteiger partial charge >= 0.3 is 0 Å². The third-order valence-electron chi connectivity index (χ3n) is 3.34. The highest BCUT2D eigenvalue weighted by Gasteiger charge is 2.14. The molecule has 0 aliphatic rings. The first-order valence-electron chi connectivity index (χ1n) is 6.52. The molecule has 3 rings (SSSR count). The minimum Gasteiger partial charge on any atom is -0.493 e. The molecule has 0 aliphatic carbocycles. The summed E-state index contributed by atoms with van der Waals surface area (Å²) in [5.41, 5.74) is 14.3. The van der Waals surface area contributed by atoms with Crippen LogP contribution in [-0.2, 0) is 0 Å². The Morgan fingerprint density at radius 2 is 1.64 bits per heavy atom. The molecule has 4 N–H and O–H groups in total. The fourth-order valence-corrected chi connectivity index (χ4v) is 2.28. The van der Waals surface area contributed by atoms with Crippen LogP contribution in [-0.4, -0.2) is 29.2 Å². The van der Waals surface area contributed by atoms with Gasteiger partial charge in [0.05, 0.1) is 37.3 Å². The first-order chi connectivity index (χ1) is 10.6. The Hall–Kier alpha value is -3.09. The van der Waals surface area contributed by atoms with Crippen LogP contribution in [0.5, 0.6) is 11.5 Å². The maximum absolute atomic E-state index is 5.96. The summed E-state index contributed by atoms with van der Waals surface area (Å²) in [5.74, 6) is 1.53. The fraction of sp³-hybridized carbons (Fsp3) is 0.133. The highest BCUT2D eigenvalue weighted by atomic mass is 16.5. The van der Waals surface area contributed by atoms with Crippen LogP contribution in [0, 0.1) is 0 Å². The lowest BCUT2D eigenvalue weighted by atomic mass is 10.1. The van der Waals surface area contributed by atoms with Gasteiger partial charge in [0.15, 0.2) is 11.5 Å². The van der Waals surface area contributed by atoms with Crippen LogP contribution in [0.4, 0.5) is 11.5 Å². The molecule has 0 spiro atoms. The van der Waals surface area contributed by atoms with Gasteiger partial charge in [-0.3, -0.25) is 0 Å². The summed E-state index contributed by atoms with van der Waals surface area (Å²) in [6.45, 7) is 0. The van der Waals surface area contributed by atoms with Gasteiger partial charge in [-0.2, -0.15) is 0 Å². The Balaban J connectivity index is 2.32. The molecule has 0 bridgehead atoms. The molecule has 2 heterocycles. The van der Waals surface area contributed by atoms with E-state index >= 15 is 0 Å². The zero-order valence-corrected chi connectivity index (χ0v) is 12.2. The third-order valence-corrected chi connectivity index (χ3v) is 3.34. The molecule has 0 atom stereocenters. The largest absolute Gasteiger partial charge is 0.493 e. The van der Waals surface area contributed by atoms with E-state index in [1.165, 1.54) is 12.5 Å². The molecule has 0 saturated carbocycles. The van der Waals surface area contributed by atoms with Gasteiger partial charge in [-0.15, -0.1) is 0 Å². The molecule has 7 nitrogen and oxygen atoms in total. The van der Waals surface area contributed by atoms with Gasteiger partial charge in [-0.25, -0.2) is 15.0 Å². The first-order valence-corrected chi connectivity index (χ1v) is 6.52. The second-order valence-corrected chi connectivity index (χ2v) is 4.65. The Morgan fingerprint density at radius 1 is 0.909 bits per heavy atom. The molecule has 0 radical (unpaired) electrons. The highest BCUT2D eigenvalue weighted by molar-refractivity contribution is 5.96. The van der Waals surface area contributed by atoms with Gasteiger partial charge in [-0.05, 0) is 12.1 Å². The normalized spacial score (nSPS) is 10.6. The van der Waals surface area contributed by atoms with Crippen LogP contribution in [0.2, 0.25) is 0 Å². The number of pyridine rings is 1. The number of rotatable bonds is 3. The summed E-state index contributed by atoms with van der Waals surface area (Å²) in [4.78, 5) is 12.7. The summed E-state index contributed by atoms with van der Waals surface area (Å²) < 4.78 is 10.6. The summed E-state index contributed by atoms with van der Waals surface area (Å²) in [7, 11) is 3.15. The maximum Gasteiger partial charge on any atom is 0.162 e. The minimum atomic E-state index is 0.351. The monoisotopic (exact) mass is 297 g/mol. The number of hydrogen-bond donors (Lipinski definition) is 2. The minimum absolute atomic E-state index is 0.351. The van der Waals surface area contributed by atoms with Crippen molar-refractivity contribution in [3.63, 3.8) is 0 Å². The van der Waals surface area contributed by atoms with Crippen LogP contribution >= 0.6 is 0 Å². The van der Waals surface area contributed by atoms with Crippen LogP contribution in [0.15, 0.2) is 30.7 Å². The molecule has 0 unspecified atom stereocenters. The summed E-state index contributed by atoms with van der Waals surface area (Å²) in [6, 6.07) is 5.34. The van der Waals surface area contributed by atoms with Crippen molar-refractivity contribution in [1.82, 2.24) is 15.0 Å². The second-order valence-electron chi connectivity index (χ2n) is 4.65. The van der Waals surface area contributed by atoms with E-state index in [0.717, 1.165) is 5.39 Å². The van der Waals surface area contributed by atoms with Gasteiger partial charge in [0, 0.05) is 17.0 Å². The van der Waals surface area contributed by atoms with Gasteiger partial charge < -0.3 is 20.9 Å². The van der Waals surface area contributed by atoms with Crippen LogP contribution < -0.4 is 20.9 Å². The fourth-order valence-electron chi connectivity index (χ4n) is 2.28. The Morgan fingerprint density at radius 3 is 2.36 bits per heavy atom. The van der Waals surface area contributed by atoms with Crippen molar-refractivity contribution in [2.75, 3.05) is 25.7 Å². The molecule has 112 valence electrons. The molecule has 1 aromatic carbocycles. The quantitative estimate of drug-likeness (QED) is 0.759. The standard InChI is InChI=1S/C15H15N5O2/c1-21-12-4-9-11(5-13(12)22-2)19-7-20-14(9)10-3-8(16)6-18-15(10)17/h3-7H,16H2,1-2H3,(H2,17,18). The lowest BCUT2D eigenvalue weighted by Crippen LogP contribution is -1.99. The number of aromatic nitrogens is 3. The van der Waals surface area contributed by atoms with Gasteiger partial charge in [0.25, 0.3) is 0 Å². The number of anilines is 2. The SMILES string of the molecule is COc1cc2ncnc(-c3cc(N)cnc3N)c2cc1OC. The van der Waals surface area contributed by atoms with E-state index in [-0.39, 0.29) is 0 Å². The van der Waals surface area contributed by atoms with Gasteiger partial charge in [0.2, 0.25) is 0 Å². The van der Waals surface area contributed by atoms with Crippen LogP contribution in [0.3, 0.4) is 0 Å². The number of ether oxygens (including phenoxy) is 2. The molecule has 3 aromatic rings. The summed E-state index contributed by atoms with van der Waals surface area (Å²) >= 11 is 0. The average Bonchev–Trinajstić information content (AvgIpc) is 2.55. The van der Waals surface area contributed by atoms with E-state index in [2.05, 4.69) is 15.0 Å². The van der Waals surface area contributed by atoms with Crippen LogP contribution in [0.25, 0.3) is 22.2 Å². The smallest absolute Gasteiger partial charge is 0.162 e. The molecule has 0 saturated heterocycles. The molecule has 0 aliphatic heterocycles. The molecule has 0 fully saturated rings. The average molecular weight is 297 g/mol. The van der Waals surface area contributed by atoms with E-state index in [1.807, 2.05) is 6.07 Å². The van der Waals surface area contributed by atoms with Gasteiger partial charge in [-0.1, -0.05) is 0 Å². The van der Waals surface area contributed by atoms with Crippen molar-refractivity contribution in [2.24, 2.45) is 0 Å². The zero-order valence-electron chi connectivity index (χ0n) is 12.2. The van der Waals surface area contributed by atoms with Gasteiger partial charge in [0.1, 0.15) is 12.1 Å². The lowest BCUT2D eigenvalue weighted by molar-refractivity contribution is 0.356. The van der Waals surface area contributed by atoms with Crippen LogP contribution in [0.1, 0.15) is 0 Å². The molecule has 7 heteroatoms. The highest BCUT2D eigenvalue weighted by Crippen LogP contribution is 2.36. The molecule has 22 heavy (non-hydrogen) atoms. The number of methoxy groups -OCH3 is 2. The predicted octanol–water partition coefficient (Wildman–Crippen LogP) is 1.87. The second kappa shape index (κ2) is 5.36. The molecular formula is C15H15N5O2. The molecular weight excluding hydrogens is 282 g/mol. The Bertz CT molecular complexity index is 851. The topological polar surface area (TPSA) is 109 Å². The summed E-state index contributed by atoms with van der Waals surface area (Å²) in [5, 5.41) is 0.777. The van der Waals surface area contributed by atoms with Crippen molar-refractivity contribution >= 4 is 22.4 Å².